The molecule has 1 aliphatic rings. The molecule has 0 aliphatic heterocycles. The highest BCUT2D eigenvalue weighted by Crippen LogP contribution is 2.34. The van der Waals surface area contributed by atoms with Crippen LogP contribution >= 0.6 is 23.1 Å². The highest BCUT2D eigenvalue weighted by atomic mass is 32.2. The minimum atomic E-state index is -0.718. The van der Waals surface area contributed by atoms with Crippen molar-refractivity contribution < 1.29 is 9.59 Å². The quantitative estimate of drug-likeness (QED) is 0.609. The number of nitrogens with zero attached hydrogens (tertiary/aromatic N) is 2. The molecule has 0 spiro atoms. The number of amides is 2. The van der Waals surface area contributed by atoms with Gasteiger partial charge in [0.05, 0.1) is 29.3 Å². The van der Waals surface area contributed by atoms with Crippen molar-refractivity contribution in [1.29, 1.82) is 5.26 Å². The van der Waals surface area contributed by atoms with Gasteiger partial charge < -0.3 is 10.6 Å². The van der Waals surface area contributed by atoms with Gasteiger partial charge in [-0.3, -0.25) is 9.59 Å². The average molecular weight is 423 g/mol. The van der Waals surface area contributed by atoms with Gasteiger partial charge in [-0.05, 0) is 43.2 Å². The maximum absolute atomic E-state index is 12.2. The first-order chi connectivity index (χ1) is 14.0. The Morgan fingerprint density at radius 1 is 1.14 bits per heavy atom. The summed E-state index contributed by atoms with van der Waals surface area (Å²) in [6.45, 7) is -0.134. The third-order valence-electron chi connectivity index (χ3n) is 4.48. The summed E-state index contributed by atoms with van der Waals surface area (Å²) < 4.78 is 1.02. The standard InChI is InChI=1S/C21H18N4O2S2/c22-13-21(8-9-21)25-19(27)12-23-18(26)11-20-24-16-7-6-15(10-17(16)29-20)28-14-4-2-1-3-5-14/h1-7,10H,8-9,11-12H2,(H,23,26)(H,25,27). The molecule has 0 radical (unpaired) electrons. The summed E-state index contributed by atoms with van der Waals surface area (Å²) in [5.41, 5.74) is 0.141. The molecule has 0 saturated heterocycles. The lowest BCUT2D eigenvalue weighted by Crippen LogP contribution is -2.43. The van der Waals surface area contributed by atoms with E-state index in [9.17, 15) is 9.59 Å². The molecular weight excluding hydrogens is 404 g/mol. The Balaban J connectivity index is 1.33. The van der Waals surface area contributed by atoms with Gasteiger partial charge in [0.15, 0.2) is 0 Å². The van der Waals surface area contributed by atoms with Gasteiger partial charge in [-0.15, -0.1) is 11.3 Å². The summed E-state index contributed by atoms with van der Waals surface area (Å²) in [6.07, 6.45) is 1.45. The Labute approximate surface area is 176 Å². The molecule has 8 heteroatoms. The molecule has 1 heterocycles. The fourth-order valence-corrected chi connectivity index (χ4v) is 4.75. The van der Waals surface area contributed by atoms with Gasteiger partial charge in [0.1, 0.15) is 10.5 Å². The van der Waals surface area contributed by atoms with Crippen molar-refractivity contribution in [2.24, 2.45) is 0 Å². The molecule has 0 atom stereocenters. The first kappa shape index (κ1) is 19.4. The summed E-state index contributed by atoms with van der Waals surface area (Å²) in [6, 6.07) is 18.3. The lowest BCUT2D eigenvalue weighted by atomic mass is 10.3. The van der Waals surface area contributed by atoms with Gasteiger partial charge in [-0.1, -0.05) is 30.0 Å². The second-order valence-corrected chi connectivity index (χ2v) is 9.11. The SMILES string of the molecule is N#CC1(NC(=O)CNC(=O)Cc2nc3ccc(Sc4ccccc4)cc3s2)CC1. The summed E-state index contributed by atoms with van der Waals surface area (Å²) in [5.74, 6) is -0.607. The van der Waals surface area contributed by atoms with Crippen molar-refractivity contribution in [3.05, 3.63) is 53.5 Å². The van der Waals surface area contributed by atoms with Crippen molar-refractivity contribution >= 4 is 45.1 Å². The van der Waals surface area contributed by atoms with Gasteiger partial charge in [0.2, 0.25) is 11.8 Å². The monoisotopic (exact) mass is 422 g/mol. The third-order valence-corrected chi connectivity index (χ3v) is 6.50. The molecule has 146 valence electrons. The van der Waals surface area contributed by atoms with E-state index in [4.69, 9.17) is 5.26 Å². The van der Waals surface area contributed by atoms with Crippen LogP contribution in [-0.2, 0) is 16.0 Å². The molecular formula is C21H18N4O2S2. The zero-order valence-corrected chi connectivity index (χ0v) is 17.1. The van der Waals surface area contributed by atoms with Gasteiger partial charge >= 0.3 is 0 Å². The Bertz CT molecular complexity index is 1100. The van der Waals surface area contributed by atoms with Crippen molar-refractivity contribution in [3.63, 3.8) is 0 Å². The van der Waals surface area contributed by atoms with Crippen LogP contribution in [0.4, 0.5) is 0 Å². The molecule has 1 fully saturated rings. The first-order valence-electron chi connectivity index (χ1n) is 9.17. The van der Waals surface area contributed by atoms with E-state index in [-0.39, 0.29) is 24.8 Å². The van der Waals surface area contributed by atoms with Gasteiger partial charge in [-0.25, -0.2) is 4.98 Å². The van der Waals surface area contributed by atoms with Crippen LogP contribution in [0.3, 0.4) is 0 Å². The van der Waals surface area contributed by atoms with Crippen LogP contribution in [0.5, 0.6) is 0 Å². The first-order valence-corrected chi connectivity index (χ1v) is 10.8. The van der Waals surface area contributed by atoms with Crippen LogP contribution in [0, 0.1) is 11.3 Å². The highest BCUT2D eigenvalue weighted by molar-refractivity contribution is 7.99. The molecule has 3 aromatic rings. The van der Waals surface area contributed by atoms with E-state index < -0.39 is 5.54 Å². The van der Waals surface area contributed by atoms with Crippen molar-refractivity contribution in [2.45, 2.75) is 34.6 Å². The second-order valence-electron chi connectivity index (χ2n) is 6.85. The molecule has 0 bridgehead atoms. The fourth-order valence-electron chi connectivity index (χ4n) is 2.80. The number of nitrogens with one attached hydrogen (secondary N) is 2. The highest BCUT2D eigenvalue weighted by Gasteiger charge is 2.44. The Morgan fingerprint density at radius 3 is 2.66 bits per heavy atom. The van der Waals surface area contributed by atoms with Crippen molar-refractivity contribution in [3.8, 4) is 6.07 Å². The summed E-state index contributed by atoms with van der Waals surface area (Å²) >= 11 is 3.16. The fraction of sp³-hybridized carbons (Fsp3) is 0.238. The third kappa shape index (κ3) is 4.94. The predicted molar refractivity (Wildman–Crippen MR) is 113 cm³/mol. The zero-order valence-electron chi connectivity index (χ0n) is 15.5. The van der Waals surface area contributed by atoms with Gasteiger partial charge in [0, 0.05) is 9.79 Å². The molecule has 2 N–H and O–H groups in total. The topological polar surface area (TPSA) is 94.9 Å². The summed E-state index contributed by atoms with van der Waals surface area (Å²) in [5, 5.41) is 14.9. The van der Waals surface area contributed by atoms with Crippen LogP contribution < -0.4 is 10.6 Å². The number of benzene rings is 2. The number of rotatable bonds is 7. The molecule has 1 aliphatic carbocycles. The Kier molecular flexibility index (Phi) is 5.51. The van der Waals surface area contributed by atoms with Crippen LogP contribution in [0.2, 0.25) is 0 Å². The number of hydrogen-bond acceptors (Lipinski definition) is 6. The van der Waals surface area contributed by atoms with Crippen LogP contribution in [0.25, 0.3) is 10.2 Å². The van der Waals surface area contributed by atoms with Crippen LogP contribution in [0.1, 0.15) is 17.8 Å². The van der Waals surface area contributed by atoms with E-state index in [0.717, 1.165) is 15.1 Å². The van der Waals surface area contributed by atoms with E-state index in [1.807, 2.05) is 30.3 Å². The molecule has 2 amide bonds. The molecule has 2 aromatic carbocycles. The molecule has 1 saturated carbocycles. The summed E-state index contributed by atoms with van der Waals surface area (Å²) in [4.78, 5) is 30.8. The second kappa shape index (κ2) is 8.23. The van der Waals surface area contributed by atoms with Gasteiger partial charge in [0.25, 0.3) is 0 Å². The van der Waals surface area contributed by atoms with Crippen molar-refractivity contribution in [1.82, 2.24) is 15.6 Å². The Morgan fingerprint density at radius 2 is 1.93 bits per heavy atom. The molecule has 0 unspecified atom stereocenters. The maximum Gasteiger partial charge on any atom is 0.240 e. The van der Waals surface area contributed by atoms with E-state index in [1.54, 1.807) is 11.8 Å². The lowest BCUT2D eigenvalue weighted by Gasteiger charge is -2.09. The Hall–Kier alpha value is -2.89. The number of carbonyl (C=O) groups excluding carboxylic acids is 2. The summed E-state index contributed by atoms with van der Waals surface area (Å²) in [7, 11) is 0. The van der Waals surface area contributed by atoms with Crippen molar-refractivity contribution in [2.75, 3.05) is 6.54 Å². The minimum absolute atomic E-state index is 0.122. The van der Waals surface area contributed by atoms with E-state index in [2.05, 4.69) is 39.9 Å². The van der Waals surface area contributed by atoms with Crippen LogP contribution in [-0.4, -0.2) is 28.9 Å². The largest absolute Gasteiger partial charge is 0.347 e. The smallest absolute Gasteiger partial charge is 0.240 e. The number of aromatic nitrogens is 1. The number of carbonyl (C=O) groups is 2. The zero-order chi connectivity index (χ0) is 20.3. The normalized spacial score (nSPS) is 14.2. The number of hydrogen-bond donors (Lipinski definition) is 2. The van der Waals surface area contributed by atoms with E-state index >= 15 is 0 Å². The molecule has 29 heavy (non-hydrogen) atoms. The average Bonchev–Trinajstić information content (AvgIpc) is 3.38. The molecule has 4 rings (SSSR count). The maximum atomic E-state index is 12.2. The number of nitriles is 1. The minimum Gasteiger partial charge on any atom is -0.347 e. The van der Waals surface area contributed by atoms with Gasteiger partial charge in [-0.2, -0.15) is 5.26 Å². The predicted octanol–water partition coefficient (Wildman–Crippen LogP) is 3.28. The van der Waals surface area contributed by atoms with E-state index in [1.165, 1.54) is 16.2 Å². The molecule has 1 aromatic heterocycles. The van der Waals surface area contributed by atoms with Crippen LogP contribution in [0.15, 0.2) is 58.3 Å². The molecule has 6 nitrogen and oxygen atoms in total. The number of thiazole rings is 1. The lowest BCUT2D eigenvalue weighted by molar-refractivity contribution is -0.126. The number of fused-ring (bicyclic) bond motifs is 1. The van der Waals surface area contributed by atoms with E-state index in [0.29, 0.717) is 17.8 Å².